The molecule has 0 fully saturated rings. The van der Waals surface area contributed by atoms with Crippen molar-refractivity contribution in [3.8, 4) is 0 Å². The molecule has 25 heavy (non-hydrogen) atoms. The summed E-state index contributed by atoms with van der Waals surface area (Å²) < 4.78 is 26.0. The van der Waals surface area contributed by atoms with Crippen molar-refractivity contribution < 1.29 is 18.4 Å². The van der Waals surface area contributed by atoms with Crippen LogP contribution in [0.5, 0.6) is 0 Å². The minimum Gasteiger partial charge on any atom is -0.326 e. The molecule has 0 aliphatic carbocycles. The minimum absolute atomic E-state index is 0.0518. The Balaban J connectivity index is 1.58. The molecule has 3 aromatic rings. The molecule has 0 atom stereocenters. The fourth-order valence-corrected chi connectivity index (χ4v) is 3.29. The summed E-state index contributed by atoms with van der Waals surface area (Å²) >= 11 is 2.61. The average molecular weight is 379 g/mol. The summed E-state index contributed by atoms with van der Waals surface area (Å²) in [4.78, 5) is 28.0. The van der Waals surface area contributed by atoms with Crippen molar-refractivity contribution in [2.24, 2.45) is 0 Å². The van der Waals surface area contributed by atoms with E-state index in [0.29, 0.717) is 16.4 Å². The predicted octanol–water partition coefficient (Wildman–Crippen LogP) is 3.92. The number of halogens is 2. The second-order valence-electron chi connectivity index (χ2n) is 4.96. The zero-order valence-corrected chi connectivity index (χ0v) is 14.2. The second kappa shape index (κ2) is 7.49. The van der Waals surface area contributed by atoms with Gasteiger partial charge in [0.2, 0.25) is 5.91 Å². The van der Waals surface area contributed by atoms with E-state index in [4.69, 9.17) is 0 Å². The maximum atomic E-state index is 13.1. The van der Waals surface area contributed by atoms with Gasteiger partial charge in [0, 0.05) is 22.5 Å². The van der Waals surface area contributed by atoms with Crippen LogP contribution in [-0.4, -0.2) is 16.8 Å². The molecule has 2 aromatic heterocycles. The predicted molar refractivity (Wildman–Crippen MR) is 93.1 cm³/mol. The molecule has 0 saturated carbocycles. The van der Waals surface area contributed by atoms with Gasteiger partial charge in [-0.15, -0.1) is 11.3 Å². The third-order valence-electron chi connectivity index (χ3n) is 3.10. The van der Waals surface area contributed by atoms with Gasteiger partial charge in [-0.25, -0.2) is 13.8 Å². The third kappa shape index (κ3) is 4.46. The van der Waals surface area contributed by atoms with Crippen LogP contribution < -0.4 is 10.6 Å². The zero-order chi connectivity index (χ0) is 17.8. The van der Waals surface area contributed by atoms with Crippen molar-refractivity contribution in [1.29, 1.82) is 0 Å². The number of benzene rings is 1. The Bertz CT molecular complexity index is 910. The quantitative estimate of drug-likeness (QED) is 0.706. The molecule has 0 saturated heterocycles. The molecule has 2 amide bonds. The largest absolute Gasteiger partial charge is 0.326 e. The highest BCUT2D eigenvalue weighted by atomic mass is 32.1. The third-order valence-corrected chi connectivity index (χ3v) is 4.59. The van der Waals surface area contributed by atoms with Crippen LogP contribution in [-0.2, 0) is 11.2 Å². The SMILES string of the molecule is O=C(Cc1csc(NC(=O)c2ccsc2)n1)Nc1ccc(F)c(F)c1. The number of amides is 2. The summed E-state index contributed by atoms with van der Waals surface area (Å²) in [6.45, 7) is 0. The molecule has 0 spiro atoms. The molecular weight excluding hydrogens is 368 g/mol. The summed E-state index contributed by atoms with van der Waals surface area (Å²) in [5.74, 6) is -2.71. The van der Waals surface area contributed by atoms with Gasteiger partial charge in [0.05, 0.1) is 17.7 Å². The molecule has 3 rings (SSSR count). The molecule has 2 N–H and O–H groups in total. The number of rotatable bonds is 5. The number of nitrogens with zero attached hydrogens (tertiary/aromatic N) is 1. The Morgan fingerprint density at radius 3 is 2.64 bits per heavy atom. The number of carbonyl (C=O) groups excluding carboxylic acids is 2. The van der Waals surface area contributed by atoms with Gasteiger partial charge in [0.25, 0.3) is 5.91 Å². The number of aromatic nitrogens is 1. The van der Waals surface area contributed by atoms with Gasteiger partial charge in [-0.2, -0.15) is 11.3 Å². The number of hydrogen-bond donors (Lipinski definition) is 2. The highest BCUT2D eigenvalue weighted by molar-refractivity contribution is 7.14. The molecular formula is C16H11F2N3O2S2. The lowest BCUT2D eigenvalue weighted by Gasteiger charge is -2.04. The van der Waals surface area contributed by atoms with E-state index in [1.165, 1.54) is 28.7 Å². The zero-order valence-electron chi connectivity index (χ0n) is 12.6. The van der Waals surface area contributed by atoms with Crippen molar-refractivity contribution in [2.75, 3.05) is 10.6 Å². The molecule has 0 aliphatic rings. The van der Waals surface area contributed by atoms with E-state index in [2.05, 4.69) is 15.6 Å². The highest BCUT2D eigenvalue weighted by Gasteiger charge is 2.12. The van der Waals surface area contributed by atoms with Crippen molar-refractivity contribution in [1.82, 2.24) is 4.98 Å². The number of thiazole rings is 1. The maximum absolute atomic E-state index is 13.1. The monoisotopic (exact) mass is 379 g/mol. The van der Waals surface area contributed by atoms with Crippen molar-refractivity contribution in [3.05, 3.63) is 63.3 Å². The van der Waals surface area contributed by atoms with E-state index < -0.39 is 17.5 Å². The van der Waals surface area contributed by atoms with Gasteiger partial charge in [-0.1, -0.05) is 0 Å². The van der Waals surface area contributed by atoms with Gasteiger partial charge in [0.1, 0.15) is 0 Å². The Hall–Kier alpha value is -2.65. The smallest absolute Gasteiger partial charge is 0.258 e. The molecule has 0 unspecified atom stereocenters. The molecule has 0 bridgehead atoms. The van der Waals surface area contributed by atoms with E-state index in [-0.39, 0.29) is 18.0 Å². The van der Waals surface area contributed by atoms with Crippen molar-refractivity contribution in [3.63, 3.8) is 0 Å². The number of carbonyl (C=O) groups is 2. The molecule has 128 valence electrons. The van der Waals surface area contributed by atoms with Crippen LogP contribution in [0.25, 0.3) is 0 Å². The molecule has 9 heteroatoms. The van der Waals surface area contributed by atoms with Crippen LogP contribution in [0, 0.1) is 11.6 Å². The first-order valence-corrected chi connectivity index (χ1v) is 8.86. The van der Waals surface area contributed by atoms with Crippen LogP contribution >= 0.6 is 22.7 Å². The van der Waals surface area contributed by atoms with Crippen LogP contribution in [0.4, 0.5) is 19.6 Å². The van der Waals surface area contributed by atoms with Gasteiger partial charge >= 0.3 is 0 Å². The Morgan fingerprint density at radius 1 is 1.08 bits per heavy atom. The van der Waals surface area contributed by atoms with Crippen LogP contribution in [0.3, 0.4) is 0 Å². The summed E-state index contributed by atoms with van der Waals surface area (Å²) in [6.07, 6.45) is -0.0518. The topological polar surface area (TPSA) is 71.1 Å². The van der Waals surface area contributed by atoms with E-state index in [1.54, 1.807) is 22.2 Å². The Morgan fingerprint density at radius 2 is 1.92 bits per heavy atom. The first-order chi connectivity index (χ1) is 12.0. The fraction of sp³-hybridized carbons (Fsp3) is 0.0625. The maximum Gasteiger partial charge on any atom is 0.258 e. The first kappa shape index (κ1) is 17.2. The Kier molecular flexibility index (Phi) is 5.15. The summed E-state index contributed by atoms with van der Waals surface area (Å²) in [5.41, 5.74) is 1.16. The molecule has 0 radical (unpaired) electrons. The molecule has 5 nitrogen and oxygen atoms in total. The van der Waals surface area contributed by atoms with E-state index in [0.717, 1.165) is 12.1 Å². The average Bonchev–Trinajstić information content (AvgIpc) is 3.23. The summed E-state index contributed by atoms with van der Waals surface area (Å²) in [5, 5.41) is 10.7. The van der Waals surface area contributed by atoms with Gasteiger partial charge in [-0.05, 0) is 23.6 Å². The summed E-state index contributed by atoms with van der Waals surface area (Å²) in [6, 6.07) is 4.81. The lowest BCUT2D eigenvalue weighted by molar-refractivity contribution is -0.115. The number of thiophene rings is 1. The lowest BCUT2D eigenvalue weighted by atomic mass is 10.2. The lowest BCUT2D eigenvalue weighted by Crippen LogP contribution is -2.15. The van der Waals surface area contributed by atoms with Gasteiger partial charge in [-0.3, -0.25) is 14.9 Å². The van der Waals surface area contributed by atoms with Crippen LogP contribution in [0.15, 0.2) is 40.4 Å². The van der Waals surface area contributed by atoms with Crippen molar-refractivity contribution >= 4 is 45.3 Å². The second-order valence-corrected chi connectivity index (χ2v) is 6.60. The van der Waals surface area contributed by atoms with Gasteiger partial charge in [0.15, 0.2) is 16.8 Å². The summed E-state index contributed by atoms with van der Waals surface area (Å²) in [7, 11) is 0. The molecule has 0 aliphatic heterocycles. The first-order valence-electron chi connectivity index (χ1n) is 7.04. The normalized spacial score (nSPS) is 10.5. The van der Waals surface area contributed by atoms with Crippen molar-refractivity contribution in [2.45, 2.75) is 6.42 Å². The standard InChI is InChI=1S/C16H11F2N3O2S2/c17-12-2-1-10(5-13(12)18)19-14(22)6-11-8-25-16(20-11)21-15(23)9-3-4-24-7-9/h1-5,7-8H,6H2,(H,19,22)(H,20,21,23). The van der Waals surface area contributed by atoms with E-state index in [9.17, 15) is 18.4 Å². The number of nitrogens with one attached hydrogen (secondary N) is 2. The molecule has 2 heterocycles. The minimum atomic E-state index is -1.04. The number of hydrogen-bond acceptors (Lipinski definition) is 5. The highest BCUT2D eigenvalue weighted by Crippen LogP contribution is 2.18. The van der Waals surface area contributed by atoms with E-state index in [1.807, 2.05) is 0 Å². The van der Waals surface area contributed by atoms with Gasteiger partial charge < -0.3 is 5.32 Å². The Labute approximate surface area is 149 Å². The fourth-order valence-electron chi connectivity index (χ4n) is 1.95. The molecule has 1 aromatic carbocycles. The van der Waals surface area contributed by atoms with Crippen LogP contribution in [0.1, 0.15) is 16.1 Å². The number of anilines is 2. The van der Waals surface area contributed by atoms with E-state index >= 15 is 0 Å². The van der Waals surface area contributed by atoms with Crippen LogP contribution in [0.2, 0.25) is 0 Å².